The molecule has 0 aliphatic carbocycles. The minimum atomic E-state index is -0.739. The maximum Gasteiger partial charge on any atom is 0.276 e. The molecule has 1 aromatic carbocycles. The zero-order chi connectivity index (χ0) is 22.8. The third-order valence-electron chi connectivity index (χ3n) is 5.30. The normalized spacial score (nSPS) is 17.6. The summed E-state index contributed by atoms with van der Waals surface area (Å²) < 4.78 is 5.27. The highest BCUT2D eigenvalue weighted by Crippen LogP contribution is 2.28. The van der Waals surface area contributed by atoms with Crippen molar-refractivity contribution in [1.82, 2.24) is 20.5 Å². The number of pyridine rings is 1. The van der Waals surface area contributed by atoms with Crippen LogP contribution in [-0.2, 0) is 16.1 Å². The van der Waals surface area contributed by atoms with Crippen LogP contribution in [-0.4, -0.2) is 52.1 Å². The average Bonchev–Trinajstić information content (AvgIpc) is 3.10. The van der Waals surface area contributed by atoms with Crippen LogP contribution in [0.4, 0.5) is 0 Å². The largest absolute Gasteiger partial charge is 0.492 e. The molecule has 10 heteroatoms. The van der Waals surface area contributed by atoms with E-state index in [1.165, 1.54) is 29.3 Å². The maximum absolute atomic E-state index is 12.9. The smallest absolute Gasteiger partial charge is 0.276 e. The average molecular weight is 436 g/mol. The standard InChI is InChI=1S/C22H20N4O6/c1-2-32-14-5-6-16(23-10-14)20(29)25-19(28)12-3-4-13-11-26(22(31)15(13)9-12)17-7-8-18(27)24-21(17)30/h3-6,9-10,17H,2,7-8,11H2,1H3,(H,24,27,30)(H,25,28,29). The Kier molecular flexibility index (Phi) is 5.67. The van der Waals surface area contributed by atoms with E-state index in [2.05, 4.69) is 15.6 Å². The summed E-state index contributed by atoms with van der Waals surface area (Å²) in [6.45, 7) is 2.49. The van der Waals surface area contributed by atoms with Crippen molar-refractivity contribution in [3.05, 3.63) is 58.9 Å². The van der Waals surface area contributed by atoms with E-state index in [9.17, 15) is 24.0 Å². The van der Waals surface area contributed by atoms with E-state index >= 15 is 0 Å². The van der Waals surface area contributed by atoms with E-state index < -0.39 is 29.7 Å². The Hall–Kier alpha value is -4.08. The highest BCUT2D eigenvalue weighted by atomic mass is 16.5. The van der Waals surface area contributed by atoms with Crippen LogP contribution in [0, 0.1) is 0 Å². The molecule has 0 saturated carbocycles. The topological polar surface area (TPSA) is 135 Å². The number of ether oxygens (including phenoxy) is 1. The molecule has 2 aliphatic rings. The molecule has 2 aliphatic heterocycles. The quantitative estimate of drug-likeness (QED) is 0.662. The number of hydrogen-bond acceptors (Lipinski definition) is 7. The molecular weight excluding hydrogens is 416 g/mol. The summed E-state index contributed by atoms with van der Waals surface area (Å²) in [5.74, 6) is -2.12. The van der Waals surface area contributed by atoms with E-state index in [1.807, 2.05) is 6.92 Å². The number of rotatable bonds is 5. The van der Waals surface area contributed by atoms with Crippen LogP contribution in [0.1, 0.15) is 56.5 Å². The first kappa shape index (κ1) is 21.2. The van der Waals surface area contributed by atoms with Crippen LogP contribution in [0.15, 0.2) is 36.5 Å². The van der Waals surface area contributed by atoms with Crippen molar-refractivity contribution in [2.45, 2.75) is 32.4 Å². The molecule has 0 bridgehead atoms. The third kappa shape index (κ3) is 4.07. The number of aromatic nitrogens is 1. The van der Waals surface area contributed by atoms with Gasteiger partial charge in [0.15, 0.2) is 0 Å². The molecule has 1 atom stereocenters. The summed E-state index contributed by atoms with van der Waals surface area (Å²) in [4.78, 5) is 66.6. The molecule has 1 unspecified atom stereocenters. The van der Waals surface area contributed by atoms with Crippen LogP contribution in [0.3, 0.4) is 0 Å². The Labute approximate surface area is 182 Å². The second-order valence-electron chi connectivity index (χ2n) is 7.37. The first-order valence-corrected chi connectivity index (χ1v) is 10.1. The van der Waals surface area contributed by atoms with Gasteiger partial charge in [-0.2, -0.15) is 0 Å². The van der Waals surface area contributed by atoms with Crippen molar-refractivity contribution >= 4 is 29.5 Å². The van der Waals surface area contributed by atoms with Gasteiger partial charge in [0.1, 0.15) is 17.5 Å². The van der Waals surface area contributed by atoms with E-state index in [0.29, 0.717) is 17.9 Å². The van der Waals surface area contributed by atoms with Crippen LogP contribution in [0.25, 0.3) is 0 Å². The van der Waals surface area contributed by atoms with Gasteiger partial charge in [-0.05, 0) is 43.2 Å². The van der Waals surface area contributed by atoms with Crippen molar-refractivity contribution in [3.8, 4) is 5.75 Å². The Morgan fingerprint density at radius 3 is 2.69 bits per heavy atom. The zero-order valence-electron chi connectivity index (χ0n) is 17.2. The van der Waals surface area contributed by atoms with Crippen molar-refractivity contribution in [1.29, 1.82) is 0 Å². The van der Waals surface area contributed by atoms with E-state index in [0.717, 1.165) is 0 Å². The summed E-state index contributed by atoms with van der Waals surface area (Å²) in [5, 5.41) is 4.49. The lowest BCUT2D eigenvalue weighted by Gasteiger charge is -2.29. The Morgan fingerprint density at radius 2 is 2.00 bits per heavy atom. The molecule has 1 saturated heterocycles. The fourth-order valence-corrected chi connectivity index (χ4v) is 3.70. The molecule has 3 heterocycles. The lowest BCUT2D eigenvalue weighted by molar-refractivity contribution is -0.136. The van der Waals surface area contributed by atoms with E-state index in [4.69, 9.17) is 4.74 Å². The number of piperidine rings is 1. The molecule has 0 spiro atoms. The number of amides is 5. The molecule has 2 aromatic rings. The van der Waals surface area contributed by atoms with E-state index in [-0.39, 0.29) is 42.1 Å². The van der Waals surface area contributed by atoms with Crippen LogP contribution < -0.4 is 15.4 Å². The number of fused-ring (bicyclic) bond motifs is 1. The van der Waals surface area contributed by atoms with Gasteiger partial charge in [0.05, 0.1) is 12.8 Å². The number of carbonyl (C=O) groups is 5. The number of benzene rings is 1. The van der Waals surface area contributed by atoms with Gasteiger partial charge in [-0.25, -0.2) is 4.98 Å². The Balaban J connectivity index is 1.46. The molecule has 1 aromatic heterocycles. The molecule has 10 nitrogen and oxygen atoms in total. The second kappa shape index (κ2) is 8.58. The monoisotopic (exact) mass is 436 g/mol. The summed E-state index contributed by atoms with van der Waals surface area (Å²) in [7, 11) is 0. The molecule has 4 rings (SSSR count). The van der Waals surface area contributed by atoms with Crippen molar-refractivity contribution in [2.75, 3.05) is 6.61 Å². The fourth-order valence-electron chi connectivity index (χ4n) is 3.70. The first-order chi connectivity index (χ1) is 15.4. The van der Waals surface area contributed by atoms with Gasteiger partial charge >= 0.3 is 0 Å². The van der Waals surface area contributed by atoms with Crippen molar-refractivity contribution < 1.29 is 28.7 Å². The summed E-state index contributed by atoms with van der Waals surface area (Å²) in [6.07, 6.45) is 1.80. The molecule has 32 heavy (non-hydrogen) atoms. The Bertz CT molecular complexity index is 1130. The predicted octanol–water partition coefficient (Wildman–Crippen LogP) is 0.811. The highest BCUT2D eigenvalue weighted by Gasteiger charge is 2.39. The molecule has 5 amide bonds. The minimum absolute atomic E-state index is 0.0445. The lowest BCUT2D eigenvalue weighted by atomic mass is 10.0. The van der Waals surface area contributed by atoms with Gasteiger partial charge in [0.2, 0.25) is 11.8 Å². The number of imide groups is 2. The lowest BCUT2D eigenvalue weighted by Crippen LogP contribution is -2.52. The van der Waals surface area contributed by atoms with Crippen molar-refractivity contribution in [2.24, 2.45) is 0 Å². The molecule has 0 radical (unpaired) electrons. The van der Waals surface area contributed by atoms with Crippen LogP contribution >= 0.6 is 0 Å². The predicted molar refractivity (Wildman–Crippen MR) is 110 cm³/mol. The van der Waals surface area contributed by atoms with Gasteiger partial charge < -0.3 is 9.64 Å². The molecule has 1 fully saturated rings. The molecular formula is C22H20N4O6. The maximum atomic E-state index is 12.9. The van der Waals surface area contributed by atoms with Crippen LogP contribution in [0.5, 0.6) is 5.75 Å². The third-order valence-corrected chi connectivity index (χ3v) is 5.30. The number of nitrogens with one attached hydrogen (secondary N) is 2. The van der Waals surface area contributed by atoms with Gasteiger partial charge in [0.25, 0.3) is 17.7 Å². The summed E-state index contributed by atoms with van der Waals surface area (Å²) in [6, 6.07) is 6.81. The van der Waals surface area contributed by atoms with Crippen LogP contribution in [0.2, 0.25) is 0 Å². The number of carbonyl (C=O) groups excluding carboxylic acids is 5. The summed E-state index contributed by atoms with van der Waals surface area (Å²) in [5.41, 5.74) is 1.12. The van der Waals surface area contributed by atoms with Gasteiger partial charge in [-0.15, -0.1) is 0 Å². The first-order valence-electron chi connectivity index (χ1n) is 10.1. The van der Waals surface area contributed by atoms with Gasteiger partial charge in [-0.1, -0.05) is 6.07 Å². The van der Waals surface area contributed by atoms with Gasteiger partial charge in [-0.3, -0.25) is 34.6 Å². The minimum Gasteiger partial charge on any atom is -0.492 e. The number of nitrogens with zero attached hydrogens (tertiary/aromatic N) is 2. The number of hydrogen-bond donors (Lipinski definition) is 2. The molecule has 164 valence electrons. The second-order valence-corrected chi connectivity index (χ2v) is 7.37. The summed E-state index contributed by atoms with van der Waals surface area (Å²) >= 11 is 0. The highest BCUT2D eigenvalue weighted by molar-refractivity contribution is 6.11. The fraction of sp³-hybridized carbons (Fsp3) is 0.273. The Morgan fingerprint density at radius 1 is 1.19 bits per heavy atom. The SMILES string of the molecule is CCOc1ccc(C(=O)NC(=O)c2ccc3c(c2)C(=O)N(C2CCC(=O)NC2=O)C3)nc1. The zero-order valence-corrected chi connectivity index (χ0v) is 17.2. The van der Waals surface area contributed by atoms with E-state index in [1.54, 1.807) is 12.1 Å². The molecule has 2 N–H and O–H groups in total. The van der Waals surface area contributed by atoms with Gasteiger partial charge in [0, 0.05) is 24.1 Å². The van der Waals surface area contributed by atoms with Crippen molar-refractivity contribution in [3.63, 3.8) is 0 Å².